The maximum atomic E-state index is 12.3. The lowest BCUT2D eigenvalue weighted by atomic mass is 10.0. The van der Waals surface area contributed by atoms with E-state index in [1.807, 2.05) is 48.3 Å². The Morgan fingerprint density at radius 3 is 2.61 bits per heavy atom. The number of hydrogen-bond donors (Lipinski definition) is 0. The standard InChI is InChI=1S/C15H22N6OS/c1-9(2)14(22)21-7-6-11-10(8-21)12(18-20(11)4)13-16-17-15(23-5)19(13)3/h9H,6-8H2,1-5H3. The predicted octanol–water partition coefficient (Wildman–Crippen LogP) is 1.48. The van der Waals surface area contributed by atoms with Gasteiger partial charge in [0.05, 0.1) is 0 Å². The SMILES string of the molecule is CSc1nnc(-c2nn(C)c3c2CN(C(=O)C(C)C)CC3)n1C. The lowest BCUT2D eigenvalue weighted by molar-refractivity contribution is -0.135. The Balaban J connectivity index is 2.02. The highest BCUT2D eigenvalue weighted by atomic mass is 32.2. The van der Waals surface area contributed by atoms with Crippen molar-refractivity contribution in [1.29, 1.82) is 0 Å². The normalized spacial score (nSPS) is 14.4. The van der Waals surface area contributed by atoms with Gasteiger partial charge in [-0.05, 0) is 6.26 Å². The zero-order valence-corrected chi connectivity index (χ0v) is 15.0. The first kappa shape index (κ1) is 16.0. The molecule has 1 aliphatic heterocycles. The number of amides is 1. The first-order valence-corrected chi connectivity index (χ1v) is 8.93. The maximum Gasteiger partial charge on any atom is 0.225 e. The molecule has 0 fully saturated rings. The average Bonchev–Trinajstić information content (AvgIpc) is 3.06. The summed E-state index contributed by atoms with van der Waals surface area (Å²) in [5.41, 5.74) is 3.11. The van der Waals surface area contributed by atoms with Crippen LogP contribution < -0.4 is 0 Å². The van der Waals surface area contributed by atoms with Crippen LogP contribution in [0.2, 0.25) is 0 Å². The van der Waals surface area contributed by atoms with Gasteiger partial charge < -0.3 is 9.47 Å². The highest BCUT2D eigenvalue weighted by Crippen LogP contribution is 2.30. The quantitative estimate of drug-likeness (QED) is 0.795. The van der Waals surface area contributed by atoms with Gasteiger partial charge in [0.15, 0.2) is 11.0 Å². The fraction of sp³-hybridized carbons (Fsp3) is 0.600. The number of aromatic nitrogens is 5. The van der Waals surface area contributed by atoms with Crippen LogP contribution in [0.4, 0.5) is 0 Å². The fourth-order valence-electron chi connectivity index (χ4n) is 3.02. The van der Waals surface area contributed by atoms with Crippen LogP contribution in [0.25, 0.3) is 11.5 Å². The molecule has 1 aliphatic rings. The summed E-state index contributed by atoms with van der Waals surface area (Å²) in [6.45, 7) is 5.22. The Labute approximate surface area is 140 Å². The first-order valence-electron chi connectivity index (χ1n) is 7.71. The van der Waals surface area contributed by atoms with Crippen LogP contribution in [-0.2, 0) is 31.9 Å². The number of aryl methyl sites for hydroxylation is 1. The Morgan fingerprint density at radius 1 is 1.26 bits per heavy atom. The molecule has 7 nitrogen and oxygen atoms in total. The number of rotatable bonds is 3. The molecule has 23 heavy (non-hydrogen) atoms. The molecular formula is C15H22N6OS. The predicted molar refractivity (Wildman–Crippen MR) is 88.9 cm³/mol. The summed E-state index contributed by atoms with van der Waals surface area (Å²) in [6, 6.07) is 0. The Bertz CT molecular complexity index is 747. The van der Waals surface area contributed by atoms with E-state index in [0.29, 0.717) is 6.54 Å². The summed E-state index contributed by atoms with van der Waals surface area (Å²) in [7, 11) is 3.90. The molecule has 0 bridgehead atoms. The third kappa shape index (κ3) is 2.65. The molecule has 124 valence electrons. The average molecular weight is 334 g/mol. The minimum atomic E-state index is 0.00888. The van der Waals surface area contributed by atoms with Crippen molar-refractivity contribution in [2.75, 3.05) is 12.8 Å². The van der Waals surface area contributed by atoms with Crippen LogP contribution in [-0.4, -0.2) is 48.2 Å². The number of hydrogen-bond acceptors (Lipinski definition) is 5. The van der Waals surface area contributed by atoms with Crippen molar-refractivity contribution < 1.29 is 4.79 Å². The van der Waals surface area contributed by atoms with E-state index in [1.54, 1.807) is 11.8 Å². The van der Waals surface area contributed by atoms with Crippen LogP contribution in [0.1, 0.15) is 25.1 Å². The van der Waals surface area contributed by atoms with Gasteiger partial charge in [0.2, 0.25) is 5.91 Å². The second-order valence-corrected chi connectivity index (χ2v) is 6.90. The van der Waals surface area contributed by atoms with Crippen LogP contribution in [0.15, 0.2) is 5.16 Å². The van der Waals surface area contributed by atoms with Gasteiger partial charge in [-0.25, -0.2) is 0 Å². The molecule has 2 aromatic rings. The van der Waals surface area contributed by atoms with Crippen molar-refractivity contribution in [3.05, 3.63) is 11.3 Å². The van der Waals surface area contributed by atoms with E-state index in [-0.39, 0.29) is 11.8 Å². The van der Waals surface area contributed by atoms with Gasteiger partial charge in [0, 0.05) is 50.8 Å². The van der Waals surface area contributed by atoms with Crippen LogP contribution >= 0.6 is 11.8 Å². The number of nitrogens with zero attached hydrogens (tertiary/aromatic N) is 6. The monoisotopic (exact) mass is 334 g/mol. The summed E-state index contributed by atoms with van der Waals surface area (Å²) in [4.78, 5) is 14.3. The molecule has 0 spiro atoms. The van der Waals surface area contributed by atoms with Gasteiger partial charge in [0.25, 0.3) is 0 Å². The molecule has 0 atom stereocenters. The number of carbonyl (C=O) groups excluding carboxylic acids is 1. The first-order chi connectivity index (χ1) is 10.9. The maximum absolute atomic E-state index is 12.3. The molecule has 8 heteroatoms. The second-order valence-electron chi connectivity index (χ2n) is 6.13. The Morgan fingerprint density at radius 2 is 2.00 bits per heavy atom. The van der Waals surface area contributed by atoms with Gasteiger partial charge in [-0.1, -0.05) is 25.6 Å². The number of thioether (sulfide) groups is 1. The summed E-state index contributed by atoms with van der Waals surface area (Å²) in [5.74, 6) is 0.952. The summed E-state index contributed by atoms with van der Waals surface area (Å²) < 4.78 is 3.87. The third-order valence-electron chi connectivity index (χ3n) is 4.28. The van der Waals surface area contributed by atoms with Gasteiger partial charge in [0.1, 0.15) is 5.69 Å². The van der Waals surface area contributed by atoms with Crippen molar-refractivity contribution in [3.8, 4) is 11.5 Å². The van der Waals surface area contributed by atoms with Crippen molar-refractivity contribution in [1.82, 2.24) is 29.4 Å². The molecule has 0 saturated heterocycles. The lowest BCUT2D eigenvalue weighted by Crippen LogP contribution is -2.38. The summed E-state index contributed by atoms with van der Waals surface area (Å²) >= 11 is 1.55. The Kier molecular flexibility index (Phi) is 4.18. The van der Waals surface area contributed by atoms with E-state index in [9.17, 15) is 4.79 Å². The van der Waals surface area contributed by atoms with Gasteiger partial charge in [-0.2, -0.15) is 5.10 Å². The highest BCUT2D eigenvalue weighted by molar-refractivity contribution is 7.98. The van der Waals surface area contributed by atoms with E-state index >= 15 is 0 Å². The second kappa shape index (κ2) is 5.99. The van der Waals surface area contributed by atoms with E-state index in [0.717, 1.165) is 35.2 Å². The van der Waals surface area contributed by atoms with Gasteiger partial charge >= 0.3 is 0 Å². The third-order valence-corrected chi connectivity index (χ3v) is 5.00. The number of carbonyl (C=O) groups is 1. The zero-order chi connectivity index (χ0) is 16.7. The van der Waals surface area contributed by atoms with Crippen molar-refractivity contribution in [3.63, 3.8) is 0 Å². The largest absolute Gasteiger partial charge is 0.338 e. The topological polar surface area (TPSA) is 68.8 Å². The van der Waals surface area contributed by atoms with E-state index < -0.39 is 0 Å². The summed E-state index contributed by atoms with van der Waals surface area (Å²) in [5, 5.41) is 14.0. The zero-order valence-electron chi connectivity index (χ0n) is 14.2. The number of fused-ring (bicyclic) bond motifs is 1. The molecule has 0 unspecified atom stereocenters. The molecule has 0 N–H and O–H groups in total. The lowest BCUT2D eigenvalue weighted by Gasteiger charge is -2.29. The minimum Gasteiger partial charge on any atom is -0.338 e. The molecule has 0 aliphatic carbocycles. The Hall–Kier alpha value is -1.83. The smallest absolute Gasteiger partial charge is 0.225 e. The van der Waals surface area contributed by atoms with Gasteiger partial charge in [-0.3, -0.25) is 9.48 Å². The van der Waals surface area contributed by atoms with Crippen molar-refractivity contribution in [2.45, 2.75) is 32.0 Å². The van der Waals surface area contributed by atoms with Crippen molar-refractivity contribution in [2.24, 2.45) is 20.0 Å². The molecule has 1 amide bonds. The highest BCUT2D eigenvalue weighted by Gasteiger charge is 2.29. The molecule has 0 radical (unpaired) electrons. The van der Waals surface area contributed by atoms with E-state index in [2.05, 4.69) is 15.3 Å². The molecule has 0 aromatic carbocycles. The molecular weight excluding hydrogens is 312 g/mol. The molecule has 3 heterocycles. The van der Waals surface area contributed by atoms with Crippen LogP contribution in [0, 0.1) is 5.92 Å². The van der Waals surface area contributed by atoms with Crippen molar-refractivity contribution >= 4 is 17.7 Å². The van der Waals surface area contributed by atoms with Gasteiger partial charge in [-0.15, -0.1) is 10.2 Å². The fourth-order valence-corrected chi connectivity index (χ4v) is 3.51. The molecule has 3 rings (SSSR count). The molecule has 2 aromatic heterocycles. The molecule has 0 saturated carbocycles. The van der Waals surface area contributed by atoms with E-state index in [4.69, 9.17) is 0 Å². The van der Waals surface area contributed by atoms with Crippen LogP contribution in [0.3, 0.4) is 0 Å². The summed E-state index contributed by atoms with van der Waals surface area (Å²) in [6.07, 6.45) is 2.80. The van der Waals surface area contributed by atoms with Crippen LogP contribution in [0.5, 0.6) is 0 Å². The minimum absolute atomic E-state index is 0.00888. The van der Waals surface area contributed by atoms with E-state index in [1.165, 1.54) is 5.69 Å².